The molecule has 0 aromatic heterocycles. The molecule has 0 saturated heterocycles. The third-order valence-electron chi connectivity index (χ3n) is 3.19. The van der Waals surface area contributed by atoms with Gasteiger partial charge in [-0.05, 0) is 30.5 Å². The molecule has 0 heterocycles. The molecule has 18 heavy (non-hydrogen) atoms. The number of methoxy groups -OCH3 is 3. The fraction of sp³-hybridized carbons (Fsp3) is 0.571. The zero-order valence-electron chi connectivity index (χ0n) is 11.6. The summed E-state index contributed by atoms with van der Waals surface area (Å²) in [6.07, 6.45) is 0.915. The second-order valence-corrected chi connectivity index (χ2v) is 4.39. The third kappa shape index (κ3) is 3.62. The smallest absolute Gasteiger partial charge is 0.123 e. The average Bonchev–Trinajstić information content (AvgIpc) is 2.43. The van der Waals surface area contributed by atoms with Gasteiger partial charge >= 0.3 is 0 Å². The number of nitrogens with two attached hydrogens (primary N) is 1. The Bertz CT molecular complexity index is 368. The van der Waals surface area contributed by atoms with Crippen LogP contribution in [0, 0.1) is 5.92 Å². The summed E-state index contributed by atoms with van der Waals surface area (Å²) in [7, 11) is 4.99. The molecule has 0 saturated carbocycles. The molecule has 0 bridgehead atoms. The van der Waals surface area contributed by atoms with E-state index in [9.17, 15) is 0 Å². The van der Waals surface area contributed by atoms with Gasteiger partial charge in [0.15, 0.2) is 0 Å². The first kappa shape index (κ1) is 14.8. The number of benzene rings is 1. The van der Waals surface area contributed by atoms with E-state index in [1.54, 1.807) is 21.3 Å². The van der Waals surface area contributed by atoms with E-state index in [1.165, 1.54) is 0 Å². The zero-order valence-corrected chi connectivity index (χ0v) is 11.6. The van der Waals surface area contributed by atoms with E-state index in [2.05, 4.69) is 6.92 Å². The molecule has 2 N–H and O–H groups in total. The van der Waals surface area contributed by atoms with Crippen molar-refractivity contribution in [2.24, 2.45) is 11.7 Å². The lowest BCUT2D eigenvalue weighted by Gasteiger charge is -2.22. The van der Waals surface area contributed by atoms with Gasteiger partial charge in [0.1, 0.15) is 11.5 Å². The van der Waals surface area contributed by atoms with Crippen LogP contribution in [-0.2, 0) is 4.74 Å². The van der Waals surface area contributed by atoms with Crippen LogP contribution in [0.3, 0.4) is 0 Å². The Hall–Kier alpha value is -1.26. The normalized spacial score (nSPS) is 14.1. The number of rotatable bonds is 7. The van der Waals surface area contributed by atoms with Crippen molar-refractivity contribution in [1.82, 2.24) is 0 Å². The molecule has 0 spiro atoms. The zero-order chi connectivity index (χ0) is 13.5. The van der Waals surface area contributed by atoms with Crippen LogP contribution in [0.15, 0.2) is 18.2 Å². The lowest BCUT2D eigenvalue weighted by molar-refractivity contribution is 0.174. The van der Waals surface area contributed by atoms with Crippen molar-refractivity contribution >= 4 is 0 Å². The quantitative estimate of drug-likeness (QED) is 0.810. The Morgan fingerprint density at radius 1 is 1.17 bits per heavy atom. The largest absolute Gasteiger partial charge is 0.497 e. The van der Waals surface area contributed by atoms with Crippen LogP contribution < -0.4 is 15.2 Å². The highest BCUT2D eigenvalue weighted by Crippen LogP contribution is 2.32. The molecular formula is C14H23NO3. The molecule has 0 aliphatic heterocycles. The van der Waals surface area contributed by atoms with Gasteiger partial charge in [0.05, 0.1) is 14.2 Å². The molecule has 0 amide bonds. The van der Waals surface area contributed by atoms with Gasteiger partial charge in [0.25, 0.3) is 0 Å². The fourth-order valence-corrected chi connectivity index (χ4v) is 1.89. The SMILES string of the molecule is COCCC(C)C(N)c1cc(OC)ccc1OC. The lowest BCUT2D eigenvalue weighted by atomic mass is 9.92. The number of ether oxygens (including phenoxy) is 3. The molecule has 1 aromatic rings. The van der Waals surface area contributed by atoms with Gasteiger partial charge in [-0.15, -0.1) is 0 Å². The van der Waals surface area contributed by atoms with Gasteiger partial charge in [-0.1, -0.05) is 6.92 Å². The second kappa shape index (κ2) is 7.24. The highest BCUT2D eigenvalue weighted by atomic mass is 16.5. The topological polar surface area (TPSA) is 53.7 Å². The molecule has 0 radical (unpaired) electrons. The summed E-state index contributed by atoms with van der Waals surface area (Å²) in [5.74, 6) is 1.90. The van der Waals surface area contributed by atoms with E-state index in [1.807, 2.05) is 18.2 Å². The first-order valence-electron chi connectivity index (χ1n) is 6.10. The van der Waals surface area contributed by atoms with E-state index in [4.69, 9.17) is 19.9 Å². The first-order chi connectivity index (χ1) is 8.63. The minimum Gasteiger partial charge on any atom is -0.497 e. The van der Waals surface area contributed by atoms with Crippen LogP contribution in [0.2, 0.25) is 0 Å². The summed E-state index contributed by atoms with van der Waals surface area (Å²) in [6, 6.07) is 5.60. The minimum absolute atomic E-state index is 0.0924. The third-order valence-corrected chi connectivity index (χ3v) is 3.19. The molecule has 1 rings (SSSR count). The van der Waals surface area contributed by atoms with Crippen molar-refractivity contribution in [3.05, 3.63) is 23.8 Å². The Morgan fingerprint density at radius 2 is 1.89 bits per heavy atom. The van der Waals surface area contributed by atoms with E-state index in [0.29, 0.717) is 12.5 Å². The van der Waals surface area contributed by atoms with Crippen molar-refractivity contribution < 1.29 is 14.2 Å². The molecule has 2 unspecified atom stereocenters. The Labute approximate surface area is 109 Å². The molecule has 1 aromatic carbocycles. The van der Waals surface area contributed by atoms with Crippen LogP contribution in [-0.4, -0.2) is 27.9 Å². The van der Waals surface area contributed by atoms with Crippen LogP contribution >= 0.6 is 0 Å². The summed E-state index contributed by atoms with van der Waals surface area (Å²) in [4.78, 5) is 0. The van der Waals surface area contributed by atoms with Crippen molar-refractivity contribution in [3.8, 4) is 11.5 Å². The highest BCUT2D eigenvalue weighted by Gasteiger charge is 2.19. The van der Waals surface area contributed by atoms with E-state index in [-0.39, 0.29) is 6.04 Å². The van der Waals surface area contributed by atoms with Crippen LogP contribution in [0.1, 0.15) is 24.9 Å². The Balaban J connectivity index is 2.91. The standard InChI is InChI=1S/C14H23NO3/c1-10(7-8-16-2)14(15)12-9-11(17-3)5-6-13(12)18-4/h5-6,9-10,14H,7-8,15H2,1-4H3. The van der Waals surface area contributed by atoms with Gasteiger partial charge in [0, 0.05) is 25.3 Å². The summed E-state index contributed by atoms with van der Waals surface area (Å²) in [5.41, 5.74) is 7.26. The maximum Gasteiger partial charge on any atom is 0.123 e. The summed E-state index contributed by atoms with van der Waals surface area (Å²) in [5, 5.41) is 0. The van der Waals surface area contributed by atoms with Gasteiger partial charge < -0.3 is 19.9 Å². The molecule has 0 fully saturated rings. The monoisotopic (exact) mass is 253 g/mol. The van der Waals surface area contributed by atoms with Crippen LogP contribution in [0.4, 0.5) is 0 Å². The van der Waals surface area contributed by atoms with Gasteiger partial charge in [-0.2, -0.15) is 0 Å². The van der Waals surface area contributed by atoms with Crippen molar-refractivity contribution in [2.75, 3.05) is 27.9 Å². The summed E-state index contributed by atoms with van der Waals surface area (Å²) < 4.78 is 15.7. The Morgan fingerprint density at radius 3 is 2.44 bits per heavy atom. The van der Waals surface area contributed by atoms with Crippen LogP contribution in [0.25, 0.3) is 0 Å². The predicted molar refractivity (Wildman–Crippen MR) is 72.1 cm³/mol. The molecule has 4 nitrogen and oxygen atoms in total. The number of hydrogen-bond donors (Lipinski definition) is 1. The molecule has 102 valence electrons. The van der Waals surface area contributed by atoms with Crippen molar-refractivity contribution in [2.45, 2.75) is 19.4 Å². The number of hydrogen-bond acceptors (Lipinski definition) is 4. The van der Waals surface area contributed by atoms with Crippen molar-refractivity contribution in [1.29, 1.82) is 0 Å². The molecule has 4 heteroatoms. The minimum atomic E-state index is -0.0924. The van der Waals surface area contributed by atoms with Crippen LogP contribution in [0.5, 0.6) is 11.5 Å². The van der Waals surface area contributed by atoms with Crippen molar-refractivity contribution in [3.63, 3.8) is 0 Å². The lowest BCUT2D eigenvalue weighted by Crippen LogP contribution is -2.21. The highest BCUT2D eigenvalue weighted by molar-refractivity contribution is 5.42. The van der Waals surface area contributed by atoms with E-state index in [0.717, 1.165) is 23.5 Å². The first-order valence-corrected chi connectivity index (χ1v) is 6.10. The van der Waals surface area contributed by atoms with Gasteiger partial charge in [-0.25, -0.2) is 0 Å². The van der Waals surface area contributed by atoms with Gasteiger partial charge in [-0.3, -0.25) is 0 Å². The van der Waals surface area contributed by atoms with Gasteiger partial charge in [0.2, 0.25) is 0 Å². The maximum absolute atomic E-state index is 6.29. The van der Waals surface area contributed by atoms with E-state index < -0.39 is 0 Å². The maximum atomic E-state index is 6.29. The molecule has 0 aliphatic carbocycles. The summed E-state index contributed by atoms with van der Waals surface area (Å²) in [6.45, 7) is 2.82. The molecule has 0 aliphatic rings. The average molecular weight is 253 g/mol. The second-order valence-electron chi connectivity index (χ2n) is 4.39. The predicted octanol–water partition coefficient (Wildman–Crippen LogP) is 2.38. The molecule has 2 atom stereocenters. The molecular weight excluding hydrogens is 230 g/mol. The fourth-order valence-electron chi connectivity index (χ4n) is 1.89. The summed E-state index contributed by atoms with van der Waals surface area (Å²) >= 11 is 0. The Kier molecular flexibility index (Phi) is 5.95. The van der Waals surface area contributed by atoms with E-state index >= 15 is 0 Å².